The van der Waals surface area contributed by atoms with Crippen LogP contribution < -0.4 is 27.0 Å². The number of nitrogens with one attached hydrogen (secondary N) is 4. The Hall–Kier alpha value is -2.24. The van der Waals surface area contributed by atoms with Crippen LogP contribution in [0.1, 0.15) is 52.4 Å². The van der Waals surface area contributed by atoms with Gasteiger partial charge in [-0.05, 0) is 57.5 Å². The number of amides is 3. The molecule has 0 radical (unpaired) electrons. The molecule has 1 aliphatic heterocycles. The summed E-state index contributed by atoms with van der Waals surface area (Å²) in [4.78, 5) is 49.1. The summed E-state index contributed by atoms with van der Waals surface area (Å²) in [5, 5.41) is 29.5. The van der Waals surface area contributed by atoms with Crippen LogP contribution in [0.3, 0.4) is 0 Å². The zero-order valence-corrected chi connectivity index (χ0v) is 18.4. The molecular weight excluding hydrogens is 406 g/mol. The summed E-state index contributed by atoms with van der Waals surface area (Å²) in [5.41, 5.74) is 5.43. The van der Waals surface area contributed by atoms with E-state index in [1.54, 1.807) is 0 Å². The normalized spacial score (nSPS) is 18.8. The van der Waals surface area contributed by atoms with Gasteiger partial charge in [0.25, 0.3) is 0 Å². The van der Waals surface area contributed by atoms with Crippen molar-refractivity contribution in [2.75, 3.05) is 19.7 Å². The van der Waals surface area contributed by atoms with Crippen molar-refractivity contribution in [1.82, 2.24) is 21.3 Å². The molecule has 11 heteroatoms. The van der Waals surface area contributed by atoms with Crippen molar-refractivity contribution in [3.05, 3.63) is 0 Å². The van der Waals surface area contributed by atoms with Crippen molar-refractivity contribution in [2.24, 2.45) is 11.7 Å². The molecule has 3 amide bonds. The molecule has 0 aromatic carbocycles. The Morgan fingerprint density at radius 1 is 1.03 bits per heavy atom. The number of rotatable bonds is 14. The highest BCUT2D eigenvalue weighted by atomic mass is 16.4. The number of aliphatic hydroxyl groups excluding tert-OH is 1. The first-order valence-electron chi connectivity index (χ1n) is 10.9. The Bertz CT molecular complexity index is 609. The number of carbonyl (C=O) groups is 4. The van der Waals surface area contributed by atoms with Crippen molar-refractivity contribution >= 4 is 23.7 Å². The number of nitrogens with two attached hydrogens (primary N) is 1. The van der Waals surface area contributed by atoms with Gasteiger partial charge in [-0.2, -0.15) is 0 Å². The molecule has 178 valence electrons. The highest BCUT2D eigenvalue weighted by Gasteiger charge is 2.31. The summed E-state index contributed by atoms with van der Waals surface area (Å²) in [7, 11) is 0. The number of carbonyl (C=O) groups excluding carboxylic acids is 3. The molecule has 0 unspecified atom stereocenters. The lowest BCUT2D eigenvalue weighted by molar-refractivity contribution is -0.142. The van der Waals surface area contributed by atoms with Crippen molar-refractivity contribution in [3.63, 3.8) is 0 Å². The first-order valence-corrected chi connectivity index (χ1v) is 10.9. The molecule has 1 heterocycles. The largest absolute Gasteiger partial charge is 0.480 e. The lowest BCUT2D eigenvalue weighted by atomic mass is 10.0. The van der Waals surface area contributed by atoms with Crippen molar-refractivity contribution in [3.8, 4) is 0 Å². The number of unbranched alkanes of at least 4 members (excludes halogenated alkanes) is 1. The molecule has 0 bridgehead atoms. The molecule has 1 aliphatic rings. The summed E-state index contributed by atoms with van der Waals surface area (Å²) in [6.07, 6.45) is 3.17. The van der Waals surface area contributed by atoms with E-state index in [0.29, 0.717) is 32.4 Å². The molecular formula is C20H37N5O6. The van der Waals surface area contributed by atoms with E-state index in [2.05, 4.69) is 21.3 Å². The van der Waals surface area contributed by atoms with E-state index in [9.17, 15) is 29.4 Å². The Labute approximate surface area is 182 Å². The first kappa shape index (κ1) is 26.8. The molecule has 1 fully saturated rings. The van der Waals surface area contributed by atoms with Gasteiger partial charge in [0.05, 0.1) is 12.6 Å². The van der Waals surface area contributed by atoms with E-state index >= 15 is 0 Å². The van der Waals surface area contributed by atoms with Gasteiger partial charge < -0.3 is 37.2 Å². The molecule has 31 heavy (non-hydrogen) atoms. The molecule has 8 N–H and O–H groups in total. The lowest BCUT2D eigenvalue weighted by Crippen LogP contribution is -2.58. The fraction of sp³-hybridized carbons (Fsp3) is 0.800. The summed E-state index contributed by atoms with van der Waals surface area (Å²) in [5.74, 6) is -2.85. The molecule has 1 rings (SSSR count). The van der Waals surface area contributed by atoms with Crippen LogP contribution in [0, 0.1) is 5.92 Å². The number of aliphatic hydroxyl groups is 1. The third-order valence-electron chi connectivity index (χ3n) is 5.09. The third-order valence-corrected chi connectivity index (χ3v) is 5.09. The predicted molar refractivity (Wildman–Crippen MR) is 114 cm³/mol. The van der Waals surface area contributed by atoms with Crippen LogP contribution in [0.2, 0.25) is 0 Å². The smallest absolute Gasteiger partial charge is 0.326 e. The minimum atomic E-state index is -1.21. The van der Waals surface area contributed by atoms with Gasteiger partial charge in [0.1, 0.15) is 18.1 Å². The topological polar surface area (TPSA) is 183 Å². The molecule has 4 atom stereocenters. The van der Waals surface area contributed by atoms with Gasteiger partial charge in [0.2, 0.25) is 17.7 Å². The van der Waals surface area contributed by atoms with Crippen molar-refractivity contribution in [1.29, 1.82) is 0 Å². The summed E-state index contributed by atoms with van der Waals surface area (Å²) < 4.78 is 0. The first-order chi connectivity index (χ1) is 14.7. The van der Waals surface area contributed by atoms with Crippen LogP contribution >= 0.6 is 0 Å². The summed E-state index contributed by atoms with van der Waals surface area (Å²) >= 11 is 0. The molecule has 0 aromatic rings. The van der Waals surface area contributed by atoms with Gasteiger partial charge in [0.15, 0.2) is 0 Å². The number of hydrogen-bond donors (Lipinski definition) is 7. The van der Waals surface area contributed by atoms with Gasteiger partial charge in [-0.3, -0.25) is 14.4 Å². The highest BCUT2D eigenvalue weighted by Crippen LogP contribution is 2.09. The van der Waals surface area contributed by atoms with E-state index in [-0.39, 0.29) is 24.7 Å². The highest BCUT2D eigenvalue weighted by molar-refractivity contribution is 5.94. The third kappa shape index (κ3) is 9.62. The zero-order valence-electron chi connectivity index (χ0n) is 18.4. The van der Waals surface area contributed by atoms with Crippen LogP contribution in [0.25, 0.3) is 0 Å². The minimum Gasteiger partial charge on any atom is -0.480 e. The van der Waals surface area contributed by atoms with Crippen LogP contribution in [-0.4, -0.2) is 77.8 Å². The average Bonchev–Trinajstić information content (AvgIpc) is 3.25. The zero-order chi connectivity index (χ0) is 23.4. The Balaban J connectivity index is 2.76. The summed E-state index contributed by atoms with van der Waals surface area (Å²) in [6.45, 7) is 4.23. The molecule has 0 aliphatic carbocycles. The minimum absolute atomic E-state index is 0.0291. The molecule has 0 aromatic heterocycles. The maximum Gasteiger partial charge on any atom is 0.326 e. The van der Waals surface area contributed by atoms with E-state index in [1.807, 2.05) is 13.8 Å². The Morgan fingerprint density at radius 2 is 1.68 bits per heavy atom. The second-order valence-corrected chi connectivity index (χ2v) is 8.27. The van der Waals surface area contributed by atoms with Crippen molar-refractivity contribution in [2.45, 2.75) is 76.5 Å². The maximum atomic E-state index is 12.7. The number of carboxylic acids is 1. The number of aliphatic carboxylic acids is 1. The van der Waals surface area contributed by atoms with E-state index in [1.165, 1.54) is 0 Å². The monoisotopic (exact) mass is 443 g/mol. The van der Waals surface area contributed by atoms with E-state index in [4.69, 9.17) is 5.73 Å². The molecule has 11 nitrogen and oxygen atoms in total. The fourth-order valence-electron chi connectivity index (χ4n) is 3.37. The number of carboxylic acid groups (broad SMARTS) is 1. The van der Waals surface area contributed by atoms with Gasteiger partial charge >= 0.3 is 5.97 Å². The molecule has 0 saturated carbocycles. The SMILES string of the molecule is CC(C)C[C@H](NC(=O)[C@H](CO)NC(=O)[C@@H]1CCCN1)C(=O)N[C@@H](CCCCN)C(=O)O. The van der Waals surface area contributed by atoms with Gasteiger partial charge in [0, 0.05) is 0 Å². The molecule has 0 spiro atoms. The molecule has 1 saturated heterocycles. The van der Waals surface area contributed by atoms with Crippen LogP contribution in [0.5, 0.6) is 0 Å². The average molecular weight is 444 g/mol. The van der Waals surface area contributed by atoms with Gasteiger partial charge in [-0.1, -0.05) is 13.8 Å². The van der Waals surface area contributed by atoms with Crippen LogP contribution in [-0.2, 0) is 19.2 Å². The predicted octanol–water partition coefficient (Wildman–Crippen LogP) is -1.56. The van der Waals surface area contributed by atoms with E-state index in [0.717, 1.165) is 6.42 Å². The van der Waals surface area contributed by atoms with Gasteiger partial charge in [-0.25, -0.2) is 4.79 Å². The standard InChI is InChI=1S/C20H37N5O6/c1-12(2)10-15(18(28)23-14(20(30)31)6-3-4-8-21)24-19(29)16(11-26)25-17(27)13-7-5-9-22-13/h12-16,22,26H,3-11,21H2,1-2H3,(H,23,28)(H,24,29)(H,25,27)(H,30,31)/t13-,14-,15-,16-/m0/s1. The van der Waals surface area contributed by atoms with Crippen molar-refractivity contribution < 1.29 is 29.4 Å². The Morgan fingerprint density at radius 3 is 2.19 bits per heavy atom. The fourth-order valence-corrected chi connectivity index (χ4v) is 3.37. The Kier molecular flexibility index (Phi) is 12.1. The maximum absolute atomic E-state index is 12.7. The summed E-state index contributed by atoms with van der Waals surface area (Å²) in [6, 6.07) is -3.72. The van der Waals surface area contributed by atoms with Crippen LogP contribution in [0.15, 0.2) is 0 Å². The van der Waals surface area contributed by atoms with E-state index < -0.39 is 48.6 Å². The lowest BCUT2D eigenvalue weighted by Gasteiger charge is -2.25. The second kappa shape index (κ2) is 13.9. The second-order valence-electron chi connectivity index (χ2n) is 8.27. The van der Waals surface area contributed by atoms with Gasteiger partial charge in [-0.15, -0.1) is 0 Å². The number of hydrogen-bond acceptors (Lipinski definition) is 7. The quantitative estimate of drug-likeness (QED) is 0.157. The van der Waals surface area contributed by atoms with Crippen LogP contribution in [0.4, 0.5) is 0 Å².